The highest BCUT2D eigenvalue weighted by molar-refractivity contribution is 5.88. The van der Waals surface area contributed by atoms with Gasteiger partial charge in [0.25, 0.3) is 0 Å². The molecule has 1 aromatic carbocycles. The molecule has 0 radical (unpaired) electrons. The van der Waals surface area contributed by atoms with Crippen molar-refractivity contribution in [2.45, 2.75) is 51.2 Å². The van der Waals surface area contributed by atoms with Crippen LogP contribution in [0.5, 0.6) is 0 Å². The first-order chi connectivity index (χ1) is 13.7. The average molecular weight is 405 g/mol. The lowest BCUT2D eigenvalue weighted by molar-refractivity contribution is -0.135. The summed E-state index contributed by atoms with van der Waals surface area (Å²) in [5.41, 5.74) is 4.41. The minimum atomic E-state index is -4.16. The maximum Gasteiger partial charge on any atom is 0.389 e. The van der Waals surface area contributed by atoms with Gasteiger partial charge in [-0.1, -0.05) is 30.3 Å². The van der Waals surface area contributed by atoms with Crippen LogP contribution >= 0.6 is 0 Å². The number of hydrogen-bond acceptors (Lipinski definition) is 2. The molecule has 7 heteroatoms. The number of fused-ring (bicyclic) bond motifs is 1. The number of alkyl halides is 3. The largest absolute Gasteiger partial charge is 0.389 e. The summed E-state index contributed by atoms with van der Waals surface area (Å²) >= 11 is 0. The highest BCUT2D eigenvalue weighted by atomic mass is 19.4. The Morgan fingerprint density at radius 1 is 1.24 bits per heavy atom. The number of nitrogens with zero attached hydrogens (tertiary/aromatic N) is 3. The van der Waals surface area contributed by atoms with Gasteiger partial charge in [-0.15, -0.1) is 0 Å². The molecule has 4 nitrogen and oxygen atoms in total. The molecule has 156 valence electrons. The van der Waals surface area contributed by atoms with E-state index < -0.39 is 12.6 Å². The van der Waals surface area contributed by atoms with E-state index in [0.29, 0.717) is 6.54 Å². The lowest BCUT2D eigenvalue weighted by Gasteiger charge is -2.39. The van der Waals surface area contributed by atoms with Gasteiger partial charge in [0, 0.05) is 37.2 Å². The molecule has 0 aliphatic carbocycles. The number of halogens is 3. The molecule has 1 amide bonds. The van der Waals surface area contributed by atoms with E-state index in [1.807, 2.05) is 50.0 Å². The van der Waals surface area contributed by atoms with E-state index in [0.717, 1.165) is 16.8 Å². The monoisotopic (exact) mass is 405 g/mol. The first-order valence-corrected chi connectivity index (χ1v) is 9.80. The summed E-state index contributed by atoms with van der Waals surface area (Å²) in [6.07, 6.45) is 0.0412. The van der Waals surface area contributed by atoms with Gasteiger partial charge in [0.1, 0.15) is 0 Å². The SMILES string of the molecule is Cc1c(C2CN(C(=O)/C=C/CCCC(F)(F)F)C(C)c3ccccc32)cnn1C. The molecule has 29 heavy (non-hydrogen) atoms. The van der Waals surface area contributed by atoms with Crippen LogP contribution in [-0.2, 0) is 11.8 Å². The van der Waals surface area contributed by atoms with Crippen molar-refractivity contribution in [1.29, 1.82) is 0 Å². The molecule has 0 saturated heterocycles. The molecule has 0 N–H and O–H groups in total. The van der Waals surface area contributed by atoms with Gasteiger partial charge >= 0.3 is 6.18 Å². The topological polar surface area (TPSA) is 38.1 Å². The van der Waals surface area contributed by atoms with Crippen molar-refractivity contribution in [3.05, 3.63) is 65.0 Å². The van der Waals surface area contributed by atoms with Crippen LogP contribution in [0.3, 0.4) is 0 Å². The Morgan fingerprint density at radius 2 is 1.93 bits per heavy atom. The summed E-state index contributed by atoms with van der Waals surface area (Å²) in [5.74, 6) is -0.163. The molecule has 2 atom stereocenters. The molecule has 0 spiro atoms. The van der Waals surface area contributed by atoms with Crippen LogP contribution in [0.15, 0.2) is 42.6 Å². The quantitative estimate of drug-likeness (QED) is 0.516. The number of carbonyl (C=O) groups is 1. The smallest absolute Gasteiger partial charge is 0.331 e. The van der Waals surface area contributed by atoms with E-state index in [-0.39, 0.29) is 30.7 Å². The fraction of sp³-hybridized carbons (Fsp3) is 0.455. The number of benzene rings is 1. The van der Waals surface area contributed by atoms with Crippen LogP contribution in [0, 0.1) is 6.92 Å². The van der Waals surface area contributed by atoms with E-state index in [2.05, 4.69) is 11.2 Å². The number of aryl methyl sites for hydroxylation is 1. The van der Waals surface area contributed by atoms with E-state index in [1.54, 1.807) is 11.0 Å². The maximum atomic E-state index is 12.8. The van der Waals surface area contributed by atoms with Gasteiger partial charge < -0.3 is 4.90 Å². The lowest BCUT2D eigenvalue weighted by Crippen LogP contribution is -2.40. The summed E-state index contributed by atoms with van der Waals surface area (Å²) in [7, 11) is 1.89. The van der Waals surface area contributed by atoms with Crippen LogP contribution < -0.4 is 0 Å². The van der Waals surface area contributed by atoms with E-state index in [9.17, 15) is 18.0 Å². The fourth-order valence-corrected chi connectivity index (χ4v) is 3.93. The Bertz CT molecular complexity index is 901. The van der Waals surface area contributed by atoms with E-state index in [4.69, 9.17) is 0 Å². The second kappa shape index (κ2) is 8.43. The third-order valence-corrected chi connectivity index (χ3v) is 5.69. The summed E-state index contributed by atoms with van der Waals surface area (Å²) in [4.78, 5) is 14.6. The van der Waals surface area contributed by atoms with Gasteiger partial charge in [0.15, 0.2) is 0 Å². The number of amides is 1. The van der Waals surface area contributed by atoms with Gasteiger partial charge in [-0.2, -0.15) is 18.3 Å². The van der Waals surface area contributed by atoms with Crippen LogP contribution in [0.1, 0.15) is 60.5 Å². The molecule has 0 fully saturated rings. The van der Waals surface area contributed by atoms with Crippen LogP contribution in [-0.4, -0.2) is 33.3 Å². The first-order valence-electron chi connectivity index (χ1n) is 9.80. The molecule has 2 heterocycles. The molecule has 2 unspecified atom stereocenters. The Morgan fingerprint density at radius 3 is 2.55 bits per heavy atom. The highest BCUT2D eigenvalue weighted by Crippen LogP contribution is 2.40. The molecular weight excluding hydrogens is 379 g/mol. The van der Waals surface area contributed by atoms with Gasteiger partial charge in [-0.05, 0) is 43.9 Å². The van der Waals surface area contributed by atoms with Crippen molar-refractivity contribution >= 4 is 5.91 Å². The number of unbranched alkanes of at least 4 members (excludes halogenated alkanes) is 1. The number of carbonyl (C=O) groups excluding carboxylic acids is 1. The second-order valence-corrected chi connectivity index (χ2v) is 7.57. The zero-order valence-electron chi connectivity index (χ0n) is 16.9. The molecular formula is C22H26F3N3O. The molecule has 3 rings (SSSR count). The average Bonchev–Trinajstić information content (AvgIpc) is 3.00. The van der Waals surface area contributed by atoms with Crippen LogP contribution in [0.25, 0.3) is 0 Å². The van der Waals surface area contributed by atoms with Crippen LogP contribution in [0.4, 0.5) is 13.2 Å². The van der Waals surface area contributed by atoms with Crippen molar-refractivity contribution in [1.82, 2.24) is 14.7 Å². The maximum absolute atomic E-state index is 12.8. The van der Waals surface area contributed by atoms with Crippen molar-refractivity contribution in [3.63, 3.8) is 0 Å². The van der Waals surface area contributed by atoms with Crippen LogP contribution in [0.2, 0.25) is 0 Å². The third-order valence-electron chi connectivity index (χ3n) is 5.69. The van der Waals surface area contributed by atoms with Gasteiger partial charge in [0.05, 0.1) is 12.2 Å². The Labute approximate surface area is 169 Å². The molecule has 1 aliphatic rings. The first kappa shape index (κ1) is 21.1. The Kier molecular flexibility index (Phi) is 6.15. The minimum absolute atomic E-state index is 0.0107. The summed E-state index contributed by atoms with van der Waals surface area (Å²) in [6, 6.07) is 7.99. The summed E-state index contributed by atoms with van der Waals surface area (Å²) < 4.78 is 38.6. The minimum Gasteiger partial charge on any atom is -0.331 e. The zero-order chi connectivity index (χ0) is 21.2. The number of allylic oxidation sites excluding steroid dienone is 1. The standard InChI is InChI=1S/C22H26F3N3O/c1-15-19(13-26-27(15)3)20-14-28(16(2)17-9-6-7-10-18(17)20)21(29)11-5-4-8-12-22(23,24)25/h5-7,9-11,13,16,20H,4,8,12,14H2,1-3H3/b11-5+. The van der Waals surface area contributed by atoms with Gasteiger partial charge in [-0.25, -0.2) is 0 Å². The van der Waals surface area contributed by atoms with Crippen molar-refractivity contribution in [2.24, 2.45) is 7.05 Å². The van der Waals surface area contributed by atoms with Gasteiger partial charge in [-0.3, -0.25) is 9.48 Å². The molecule has 2 aromatic rings. The fourth-order valence-electron chi connectivity index (χ4n) is 3.93. The van der Waals surface area contributed by atoms with Crippen molar-refractivity contribution < 1.29 is 18.0 Å². The normalized spacial score (nSPS) is 19.6. The van der Waals surface area contributed by atoms with Crippen molar-refractivity contribution in [2.75, 3.05) is 6.54 Å². The molecule has 0 bridgehead atoms. The number of rotatable bonds is 5. The number of hydrogen-bond donors (Lipinski definition) is 0. The number of aromatic nitrogens is 2. The predicted octanol–water partition coefficient (Wildman–Crippen LogP) is 5.05. The van der Waals surface area contributed by atoms with Gasteiger partial charge in [0.2, 0.25) is 5.91 Å². The molecule has 1 aromatic heterocycles. The predicted molar refractivity (Wildman–Crippen MR) is 105 cm³/mol. The molecule has 1 aliphatic heterocycles. The van der Waals surface area contributed by atoms with E-state index >= 15 is 0 Å². The Balaban J connectivity index is 1.80. The summed E-state index contributed by atoms with van der Waals surface area (Å²) in [5, 5.41) is 4.35. The van der Waals surface area contributed by atoms with Crippen molar-refractivity contribution in [3.8, 4) is 0 Å². The molecule has 0 saturated carbocycles. The Hall–Kier alpha value is -2.57. The second-order valence-electron chi connectivity index (χ2n) is 7.57. The lowest BCUT2D eigenvalue weighted by atomic mass is 9.82. The summed E-state index contributed by atoms with van der Waals surface area (Å²) in [6.45, 7) is 4.51. The zero-order valence-corrected chi connectivity index (χ0v) is 16.9. The van der Waals surface area contributed by atoms with E-state index in [1.165, 1.54) is 11.6 Å². The highest BCUT2D eigenvalue weighted by Gasteiger charge is 2.34. The third kappa shape index (κ3) is 4.71.